The van der Waals surface area contributed by atoms with Gasteiger partial charge < -0.3 is 10.4 Å². The molecule has 1 atom stereocenters. The Hall–Kier alpha value is -2.24. The zero-order valence-corrected chi connectivity index (χ0v) is 9.30. The number of rotatable bonds is 5. The summed E-state index contributed by atoms with van der Waals surface area (Å²) in [6, 6.07) is 2.72. The monoisotopic (exact) mass is 235 g/mol. The van der Waals surface area contributed by atoms with Crippen molar-refractivity contribution in [2.45, 2.75) is 19.4 Å². The number of carbonyl (C=O) groups is 2. The first-order chi connectivity index (χ1) is 8.00. The van der Waals surface area contributed by atoms with Crippen LogP contribution in [-0.4, -0.2) is 33.7 Å². The SMILES string of the molecule is C[C@H](CC(=N)C(=O)O)NC(=O)c1ccncc1. The predicted molar refractivity (Wildman–Crippen MR) is 61.1 cm³/mol. The zero-order chi connectivity index (χ0) is 12.8. The second-order valence-electron chi connectivity index (χ2n) is 3.60. The van der Waals surface area contributed by atoms with Crippen LogP contribution in [0.15, 0.2) is 24.5 Å². The van der Waals surface area contributed by atoms with Crippen molar-refractivity contribution >= 4 is 17.6 Å². The summed E-state index contributed by atoms with van der Waals surface area (Å²) in [7, 11) is 0. The average Bonchev–Trinajstić information content (AvgIpc) is 2.29. The third-order valence-electron chi connectivity index (χ3n) is 2.09. The Labute approximate surface area is 98.2 Å². The lowest BCUT2D eigenvalue weighted by Crippen LogP contribution is -2.35. The summed E-state index contributed by atoms with van der Waals surface area (Å²) in [4.78, 5) is 25.9. The van der Waals surface area contributed by atoms with E-state index in [4.69, 9.17) is 10.5 Å². The molecule has 1 amide bonds. The van der Waals surface area contributed by atoms with Gasteiger partial charge in [-0.3, -0.25) is 15.2 Å². The van der Waals surface area contributed by atoms with Crippen molar-refractivity contribution in [3.63, 3.8) is 0 Å². The molecular formula is C11H13N3O3. The number of hydrogen-bond donors (Lipinski definition) is 3. The molecule has 90 valence electrons. The molecular weight excluding hydrogens is 222 g/mol. The normalized spacial score (nSPS) is 11.6. The molecule has 6 nitrogen and oxygen atoms in total. The molecule has 0 aliphatic rings. The number of aromatic nitrogens is 1. The van der Waals surface area contributed by atoms with Gasteiger partial charge in [0.15, 0.2) is 0 Å². The van der Waals surface area contributed by atoms with Crippen molar-refractivity contribution in [3.8, 4) is 0 Å². The topological polar surface area (TPSA) is 103 Å². The Bertz CT molecular complexity index is 431. The summed E-state index contributed by atoms with van der Waals surface area (Å²) in [5.41, 5.74) is 0.0289. The molecule has 1 aromatic heterocycles. The van der Waals surface area contributed by atoms with Gasteiger partial charge in [-0.2, -0.15) is 0 Å². The van der Waals surface area contributed by atoms with Crippen LogP contribution in [0.4, 0.5) is 0 Å². The van der Waals surface area contributed by atoms with Gasteiger partial charge in [-0.15, -0.1) is 0 Å². The highest BCUT2D eigenvalue weighted by Crippen LogP contribution is 1.99. The minimum Gasteiger partial charge on any atom is -0.477 e. The van der Waals surface area contributed by atoms with E-state index < -0.39 is 17.7 Å². The number of carboxylic acids is 1. The highest BCUT2D eigenvalue weighted by atomic mass is 16.4. The van der Waals surface area contributed by atoms with E-state index in [1.165, 1.54) is 12.4 Å². The van der Waals surface area contributed by atoms with Crippen LogP contribution in [0.5, 0.6) is 0 Å². The van der Waals surface area contributed by atoms with Gasteiger partial charge in [0.2, 0.25) is 0 Å². The third kappa shape index (κ3) is 4.02. The second-order valence-corrected chi connectivity index (χ2v) is 3.60. The maximum Gasteiger partial charge on any atom is 0.349 e. The van der Waals surface area contributed by atoms with E-state index in [9.17, 15) is 9.59 Å². The fourth-order valence-corrected chi connectivity index (χ4v) is 1.25. The maximum atomic E-state index is 11.6. The van der Waals surface area contributed by atoms with Crippen molar-refractivity contribution < 1.29 is 14.7 Å². The lowest BCUT2D eigenvalue weighted by molar-refractivity contribution is -0.129. The van der Waals surface area contributed by atoms with Gasteiger partial charge >= 0.3 is 5.97 Å². The van der Waals surface area contributed by atoms with Crippen molar-refractivity contribution in [2.75, 3.05) is 0 Å². The summed E-state index contributed by atoms with van der Waals surface area (Å²) in [6.07, 6.45) is 2.99. The summed E-state index contributed by atoms with van der Waals surface area (Å²) in [5.74, 6) is -1.58. The first-order valence-corrected chi connectivity index (χ1v) is 5.02. The smallest absolute Gasteiger partial charge is 0.349 e. The van der Waals surface area contributed by atoms with Crippen LogP contribution in [0.25, 0.3) is 0 Å². The summed E-state index contributed by atoms with van der Waals surface area (Å²) < 4.78 is 0. The Balaban J connectivity index is 2.52. The molecule has 0 unspecified atom stereocenters. The number of nitrogens with one attached hydrogen (secondary N) is 2. The van der Waals surface area contributed by atoms with E-state index in [-0.39, 0.29) is 12.3 Å². The van der Waals surface area contributed by atoms with Crippen LogP contribution < -0.4 is 5.32 Å². The fourth-order valence-electron chi connectivity index (χ4n) is 1.25. The first kappa shape index (κ1) is 12.8. The molecule has 0 saturated carbocycles. The van der Waals surface area contributed by atoms with E-state index in [2.05, 4.69) is 10.3 Å². The Morgan fingerprint density at radius 1 is 1.47 bits per heavy atom. The molecule has 0 fully saturated rings. The van der Waals surface area contributed by atoms with Gasteiger partial charge in [0.05, 0.1) is 0 Å². The molecule has 1 aromatic rings. The quantitative estimate of drug-likeness (QED) is 0.653. The van der Waals surface area contributed by atoms with E-state index in [1.807, 2.05) is 0 Å². The van der Waals surface area contributed by atoms with Gasteiger partial charge in [0, 0.05) is 30.4 Å². The van der Waals surface area contributed by atoms with Crippen molar-refractivity contribution in [2.24, 2.45) is 0 Å². The summed E-state index contributed by atoms with van der Waals surface area (Å²) >= 11 is 0. The molecule has 0 saturated heterocycles. The largest absolute Gasteiger partial charge is 0.477 e. The van der Waals surface area contributed by atoms with E-state index in [0.717, 1.165) is 0 Å². The lowest BCUT2D eigenvalue weighted by Gasteiger charge is -2.12. The molecule has 1 rings (SSSR count). The Kier molecular flexibility index (Phi) is 4.33. The summed E-state index contributed by atoms with van der Waals surface area (Å²) in [6.45, 7) is 1.65. The van der Waals surface area contributed by atoms with Gasteiger partial charge in [0.25, 0.3) is 5.91 Å². The predicted octanol–water partition coefficient (Wildman–Crippen LogP) is 0.694. The van der Waals surface area contributed by atoms with Crippen LogP contribution in [0.2, 0.25) is 0 Å². The van der Waals surface area contributed by atoms with Crippen LogP contribution in [0, 0.1) is 5.41 Å². The highest BCUT2D eigenvalue weighted by molar-refractivity contribution is 6.34. The van der Waals surface area contributed by atoms with Gasteiger partial charge in [0.1, 0.15) is 5.71 Å². The van der Waals surface area contributed by atoms with Crippen LogP contribution in [0.3, 0.4) is 0 Å². The minimum atomic E-state index is -1.27. The number of aliphatic carboxylic acids is 1. The first-order valence-electron chi connectivity index (χ1n) is 5.02. The maximum absolute atomic E-state index is 11.6. The van der Waals surface area contributed by atoms with Crippen molar-refractivity contribution in [3.05, 3.63) is 30.1 Å². The van der Waals surface area contributed by atoms with Crippen molar-refractivity contribution in [1.29, 1.82) is 5.41 Å². The van der Waals surface area contributed by atoms with Gasteiger partial charge in [-0.05, 0) is 19.1 Å². The molecule has 0 radical (unpaired) electrons. The van der Waals surface area contributed by atoms with E-state index in [0.29, 0.717) is 5.56 Å². The highest BCUT2D eigenvalue weighted by Gasteiger charge is 2.14. The molecule has 0 spiro atoms. The number of pyridine rings is 1. The molecule has 0 bridgehead atoms. The fraction of sp³-hybridized carbons (Fsp3) is 0.273. The Morgan fingerprint density at radius 2 is 2.06 bits per heavy atom. The number of amides is 1. The van der Waals surface area contributed by atoms with Gasteiger partial charge in [-0.1, -0.05) is 0 Å². The number of carbonyl (C=O) groups excluding carboxylic acids is 1. The van der Waals surface area contributed by atoms with Crippen LogP contribution >= 0.6 is 0 Å². The van der Waals surface area contributed by atoms with Crippen molar-refractivity contribution in [1.82, 2.24) is 10.3 Å². The minimum absolute atomic E-state index is 0.00778. The standard InChI is InChI=1S/C11H13N3O3/c1-7(6-9(12)11(16)17)14-10(15)8-2-4-13-5-3-8/h2-5,7,12H,6H2,1H3,(H,14,15)(H,16,17)/t7-/m1/s1. The molecule has 3 N–H and O–H groups in total. The second kappa shape index (κ2) is 5.74. The lowest BCUT2D eigenvalue weighted by atomic mass is 10.1. The zero-order valence-electron chi connectivity index (χ0n) is 9.30. The molecule has 0 aliphatic heterocycles. The number of hydrogen-bond acceptors (Lipinski definition) is 4. The van der Waals surface area contributed by atoms with E-state index >= 15 is 0 Å². The van der Waals surface area contributed by atoms with E-state index in [1.54, 1.807) is 19.1 Å². The van der Waals surface area contributed by atoms with Gasteiger partial charge in [-0.25, -0.2) is 4.79 Å². The van der Waals surface area contributed by atoms with Crippen LogP contribution in [-0.2, 0) is 4.79 Å². The third-order valence-corrected chi connectivity index (χ3v) is 2.09. The average molecular weight is 235 g/mol. The molecule has 1 heterocycles. The van der Waals surface area contributed by atoms with Crippen LogP contribution in [0.1, 0.15) is 23.7 Å². The molecule has 0 aliphatic carbocycles. The molecule has 6 heteroatoms. The molecule has 17 heavy (non-hydrogen) atoms. The number of nitrogens with zero attached hydrogens (tertiary/aromatic N) is 1. The molecule has 0 aromatic carbocycles. The summed E-state index contributed by atoms with van der Waals surface area (Å²) in [5, 5.41) is 18.3. The number of carboxylic acid groups (broad SMARTS) is 1. The Morgan fingerprint density at radius 3 is 2.59 bits per heavy atom.